The van der Waals surface area contributed by atoms with Gasteiger partial charge < -0.3 is 16.0 Å². The topological polar surface area (TPSA) is 88.3 Å². The van der Waals surface area contributed by atoms with Crippen LogP contribution in [0.5, 0.6) is 0 Å². The number of carbonyl (C=O) groups excluding carboxylic acids is 2. The zero-order valence-electron chi connectivity index (χ0n) is 13.3. The molecule has 1 saturated heterocycles. The van der Waals surface area contributed by atoms with Gasteiger partial charge in [-0.15, -0.1) is 11.3 Å². The van der Waals surface area contributed by atoms with Gasteiger partial charge in [-0.25, -0.2) is 4.98 Å². The second kappa shape index (κ2) is 7.44. The van der Waals surface area contributed by atoms with E-state index in [0.717, 1.165) is 16.3 Å². The third-order valence-electron chi connectivity index (χ3n) is 4.24. The first-order valence-electron chi connectivity index (χ1n) is 7.94. The molecule has 2 aromatic rings. The van der Waals surface area contributed by atoms with Gasteiger partial charge in [-0.05, 0) is 25.0 Å². The monoisotopic (exact) mass is 344 g/mol. The molecule has 1 aromatic carbocycles. The number of anilines is 1. The summed E-state index contributed by atoms with van der Waals surface area (Å²) in [6.07, 6.45) is 3.08. The van der Waals surface area contributed by atoms with Crippen LogP contribution in [0.2, 0.25) is 0 Å². The molecule has 0 bridgehead atoms. The molecule has 126 valence electrons. The van der Waals surface area contributed by atoms with Crippen molar-refractivity contribution in [2.24, 2.45) is 11.7 Å². The standard InChI is InChI=1S/C17H20N4O2S/c18-16(23)12-4-7-21(8-5-12)15(22)11-20-14-3-1-2-13(10-14)17-19-6-9-24-17/h1-3,6,9-10,12,20H,4-5,7-8,11H2,(H2,18,23). The van der Waals surface area contributed by atoms with Crippen LogP contribution >= 0.6 is 11.3 Å². The largest absolute Gasteiger partial charge is 0.376 e. The molecule has 0 aliphatic carbocycles. The molecule has 0 radical (unpaired) electrons. The van der Waals surface area contributed by atoms with Gasteiger partial charge in [-0.2, -0.15) is 0 Å². The lowest BCUT2D eigenvalue weighted by atomic mass is 9.96. The first-order chi connectivity index (χ1) is 11.6. The normalized spacial score (nSPS) is 15.2. The average molecular weight is 344 g/mol. The fraction of sp³-hybridized carbons (Fsp3) is 0.353. The van der Waals surface area contributed by atoms with E-state index in [4.69, 9.17) is 5.73 Å². The van der Waals surface area contributed by atoms with Crippen molar-refractivity contribution < 1.29 is 9.59 Å². The van der Waals surface area contributed by atoms with E-state index in [1.165, 1.54) is 0 Å². The summed E-state index contributed by atoms with van der Waals surface area (Å²) in [4.78, 5) is 29.6. The lowest BCUT2D eigenvalue weighted by molar-refractivity contribution is -0.133. The number of nitrogens with zero attached hydrogens (tertiary/aromatic N) is 2. The van der Waals surface area contributed by atoms with Crippen LogP contribution in [0, 0.1) is 5.92 Å². The molecule has 24 heavy (non-hydrogen) atoms. The van der Waals surface area contributed by atoms with Crippen LogP contribution in [0.15, 0.2) is 35.8 Å². The lowest BCUT2D eigenvalue weighted by Crippen LogP contribution is -2.43. The molecule has 6 nitrogen and oxygen atoms in total. The molecule has 0 saturated carbocycles. The Labute approximate surface area is 144 Å². The zero-order valence-corrected chi connectivity index (χ0v) is 14.1. The molecule has 1 aliphatic heterocycles. The van der Waals surface area contributed by atoms with Crippen molar-refractivity contribution in [2.75, 3.05) is 25.0 Å². The number of rotatable bonds is 5. The van der Waals surface area contributed by atoms with E-state index >= 15 is 0 Å². The molecule has 3 rings (SSSR count). The third kappa shape index (κ3) is 3.91. The summed E-state index contributed by atoms with van der Waals surface area (Å²) >= 11 is 1.58. The zero-order chi connectivity index (χ0) is 16.9. The number of aromatic nitrogens is 1. The maximum Gasteiger partial charge on any atom is 0.241 e. The molecule has 0 atom stereocenters. The van der Waals surface area contributed by atoms with Crippen molar-refractivity contribution in [2.45, 2.75) is 12.8 Å². The number of thiazole rings is 1. The Morgan fingerprint density at radius 2 is 2.12 bits per heavy atom. The van der Waals surface area contributed by atoms with Crippen molar-refractivity contribution in [3.05, 3.63) is 35.8 Å². The highest BCUT2D eigenvalue weighted by molar-refractivity contribution is 7.13. The summed E-state index contributed by atoms with van der Waals surface area (Å²) in [6, 6.07) is 7.87. The van der Waals surface area contributed by atoms with Crippen LogP contribution < -0.4 is 11.1 Å². The van der Waals surface area contributed by atoms with E-state index < -0.39 is 0 Å². The molecule has 2 heterocycles. The van der Waals surface area contributed by atoms with Gasteiger partial charge in [0, 0.05) is 41.8 Å². The number of benzene rings is 1. The van der Waals surface area contributed by atoms with Gasteiger partial charge in [0.05, 0.1) is 6.54 Å². The number of nitrogens with one attached hydrogen (secondary N) is 1. The summed E-state index contributed by atoms with van der Waals surface area (Å²) in [6.45, 7) is 1.42. The highest BCUT2D eigenvalue weighted by atomic mass is 32.1. The molecule has 3 N–H and O–H groups in total. The first-order valence-corrected chi connectivity index (χ1v) is 8.82. The predicted molar refractivity (Wildman–Crippen MR) is 94.5 cm³/mol. The van der Waals surface area contributed by atoms with Gasteiger partial charge in [0.25, 0.3) is 0 Å². The number of nitrogens with two attached hydrogens (primary N) is 1. The predicted octanol–water partition coefficient (Wildman–Crippen LogP) is 1.95. The van der Waals surface area contributed by atoms with Gasteiger partial charge in [-0.1, -0.05) is 12.1 Å². The van der Waals surface area contributed by atoms with E-state index in [0.29, 0.717) is 25.9 Å². The summed E-state index contributed by atoms with van der Waals surface area (Å²) in [5.74, 6) is -0.325. The summed E-state index contributed by atoms with van der Waals surface area (Å²) in [5, 5.41) is 6.07. The van der Waals surface area contributed by atoms with Crippen LogP contribution in [0.4, 0.5) is 5.69 Å². The molecule has 1 aliphatic rings. The molecule has 1 fully saturated rings. The maximum atomic E-state index is 12.3. The Bertz CT molecular complexity index is 709. The Morgan fingerprint density at radius 1 is 1.33 bits per heavy atom. The number of hydrogen-bond acceptors (Lipinski definition) is 5. The number of hydrogen-bond donors (Lipinski definition) is 2. The SMILES string of the molecule is NC(=O)C1CCN(C(=O)CNc2cccc(-c3nccs3)c2)CC1. The fourth-order valence-electron chi connectivity index (χ4n) is 2.83. The van der Waals surface area contributed by atoms with Crippen LogP contribution in [0.1, 0.15) is 12.8 Å². The van der Waals surface area contributed by atoms with E-state index in [9.17, 15) is 9.59 Å². The van der Waals surface area contributed by atoms with Gasteiger partial charge in [-0.3, -0.25) is 9.59 Å². The quantitative estimate of drug-likeness (QED) is 0.868. The van der Waals surface area contributed by atoms with Gasteiger partial charge >= 0.3 is 0 Å². The number of piperidine rings is 1. The molecule has 2 amide bonds. The van der Waals surface area contributed by atoms with Crippen molar-refractivity contribution in [1.29, 1.82) is 0 Å². The molecule has 1 aromatic heterocycles. The minimum Gasteiger partial charge on any atom is -0.376 e. The van der Waals surface area contributed by atoms with E-state index in [2.05, 4.69) is 10.3 Å². The lowest BCUT2D eigenvalue weighted by Gasteiger charge is -2.30. The molecule has 0 spiro atoms. The Hall–Kier alpha value is -2.41. The number of carbonyl (C=O) groups is 2. The Balaban J connectivity index is 1.53. The van der Waals surface area contributed by atoms with Crippen molar-refractivity contribution in [1.82, 2.24) is 9.88 Å². The highest BCUT2D eigenvalue weighted by Gasteiger charge is 2.25. The molecule has 7 heteroatoms. The van der Waals surface area contributed by atoms with Crippen LogP contribution in [0.25, 0.3) is 10.6 Å². The summed E-state index contributed by atoms with van der Waals surface area (Å²) < 4.78 is 0. The molecular weight excluding hydrogens is 324 g/mol. The number of likely N-dealkylation sites (tertiary alicyclic amines) is 1. The minimum atomic E-state index is -0.265. The van der Waals surface area contributed by atoms with Crippen molar-refractivity contribution >= 4 is 28.8 Å². The minimum absolute atomic E-state index is 0.0394. The molecular formula is C17H20N4O2S. The average Bonchev–Trinajstić information content (AvgIpc) is 3.15. The van der Waals surface area contributed by atoms with Gasteiger partial charge in [0.15, 0.2) is 0 Å². The second-order valence-electron chi connectivity index (χ2n) is 5.83. The molecule has 0 unspecified atom stereocenters. The van der Waals surface area contributed by atoms with Crippen LogP contribution in [-0.4, -0.2) is 41.3 Å². The van der Waals surface area contributed by atoms with Gasteiger partial charge in [0.2, 0.25) is 11.8 Å². The van der Waals surface area contributed by atoms with E-state index in [1.54, 1.807) is 22.4 Å². The third-order valence-corrected chi connectivity index (χ3v) is 5.06. The van der Waals surface area contributed by atoms with Crippen LogP contribution in [0.3, 0.4) is 0 Å². The summed E-state index contributed by atoms with van der Waals surface area (Å²) in [7, 11) is 0. The Kier molecular flexibility index (Phi) is 5.10. The summed E-state index contributed by atoms with van der Waals surface area (Å²) in [5.41, 5.74) is 7.24. The Morgan fingerprint density at radius 3 is 2.79 bits per heavy atom. The van der Waals surface area contributed by atoms with Gasteiger partial charge in [0.1, 0.15) is 5.01 Å². The number of amides is 2. The maximum absolute atomic E-state index is 12.3. The van der Waals surface area contributed by atoms with Crippen LogP contribution in [-0.2, 0) is 9.59 Å². The fourth-order valence-corrected chi connectivity index (χ4v) is 3.47. The van der Waals surface area contributed by atoms with E-state index in [1.807, 2.05) is 29.6 Å². The van der Waals surface area contributed by atoms with Crippen molar-refractivity contribution in [3.63, 3.8) is 0 Å². The van der Waals surface area contributed by atoms with Crippen molar-refractivity contribution in [3.8, 4) is 10.6 Å². The van der Waals surface area contributed by atoms with E-state index in [-0.39, 0.29) is 24.3 Å². The second-order valence-corrected chi connectivity index (χ2v) is 6.72. The number of primary amides is 1. The smallest absolute Gasteiger partial charge is 0.241 e. The first kappa shape index (κ1) is 16.4. The highest BCUT2D eigenvalue weighted by Crippen LogP contribution is 2.24.